The average Bonchev–Trinajstić information content (AvgIpc) is 0.811. The second-order valence-electron chi connectivity index (χ2n) is 0.283. The van der Waals surface area contributed by atoms with Crippen LogP contribution in [0, 0.1) is 0 Å². The summed E-state index contributed by atoms with van der Waals surface area (Å²) in [5, 5.41) is 0. The Bertz CT molecular complexity index is 29.9. The summed E-state index contributed by atoms with van der Waals surface area (Å²) >= 11 is 0. The molecule has 2 N–H and O–H groups in total. The van der Waals surface area contributed by atoms with Crippen molar-refractivity contribution in [2.24, 2.45) is 0 Å². The molecule has 0 heterocycles. The molecule has 0 aromatic carbocycles. The Kier molecular flexibility index (Phi) is 9.62. The van der Waals surface area contributed by atoms with Crippen molar-refractivity contribution in [2.75, 3.05) is 0 Å². The van der Waals surface area contributed by atoms with E-state index in [1.54, 1.807) is 0 Å². The predicted octanol–water partition coefficient (Wildman–Crippen LogP) is -1.99. The third-order valence-electron chi connectivity index (χ3n) is 0. The molecule has 0 fully saturated rings. The van der Waals surface area contributed by atoms with Crippen molar-refractivity contribution < 1.29 is 14.1 Å². The van der Waals surface area contributed by atoms with Gasteiger partial charge in [-0.2, -0.15) is 0 Å². The molecule has 0 spiro atoms. The normalized spacial score (nSPS) is 4.80. The Morgan fingerprint density at radius 2 is 1.40 bits per heavy atom. The van der Waals surface area contributed by atoms with Gasteiger partial charge in [0.15, 0.2) is 0 Å². The number of hydrogen-bond acceptors (Lipinski definition) is 1. The van der Waals surface area contributed by atoms with Crippen LogP contribution in [0.5, 0.6) is 0 Å². The maximum atomic E-state index is 8.74. The fraction of sp³-hybridized carbons (Fsp3) is 0. The van der Waals surface area contributed by atoms with E-state index >= 15 is 0 Å². The van der Waals surface area contributed by atoms with Gasteiger partial charge in [-0.3, -0.25) is 4.46 Å². The van der Waals surface area contributed by atoms with Crippen molar-refractivity contribution in [1.29, 1.82) is 0 Å². The molecule has 2 radical (unpaired) electrons. The molecule has 3 nitrogen and oxygen atoms in total. The van der Waals surface area contributed by atoms with Crippen molar-refractivity contribution in [3.05, 3.63) is 0 Å². The number of rotatable bonds is 0. The van der Waals surface area contributed by atoms with E-state index in [1.807, 2.05) is 0 Å². The van der Waals surface area contributed by atoms with Gasteiger partial charge in [0, 0.05) is 45.5 Å². The van der Waals surface area contributed by atoms with E-state index in [0.717, 1.165) is 0 Å². The van der Waals surface area contributed by atoms with Gasteiger partial charge < -0.3 is 9.59 Å². The molecular weight excluding hydrogens is 164 g/mol. The molecule has 0 bridgehead atoms. The minimum atomic E-state index is -3.13. The van der Waals surface area contributed by atoms with Crippen LogP contribution in [0.25, 0.3) is 0 Å². The van der Waals surface area contributed by atoms with Gasteiger partial charge in [-0.05, 0) is 0 Å². The van der Waals surface area contributed by atoms with Gasteiger partial charge in [-0.1, -0.05) is 0 Å². The standard InChI is InChI=1S/H2O3Si.Sr/c1-4(2)3;/h1-2H;. The Labute approximate surface area is 67.8 Å². The fourth-order valence-electron chi connectivity index (χ4n) is 0. The SMILES string of the molecule is O=[Si](O)O.[Sr]. The van der Waals surface area contributed by atoms with Gasteiger partial charge in [-0.25, -0.2) is 0 Å². The molecule has 0 aliphatic carbocycles. The second-order valence-corrected chi connectivity index (χ2v) is 0.848. The van der Waals surface area contributed by atoms with Crippen LogP contribution in [0.1, 0.15) is 0 Å². The van der Waals surface area contributed by atoms with E-state index in [4.69, 9.17) is 14.1 Å². The summed E-state index contributed by atoms with van der Waals surface area (Å²) in [6.45, 7) is 0. The molecule has 5 heavy (non-hydrogen) atoms. The maximum Gasteiger partial charge on any atom is 0.761 e. The molecule has 0 aromatic heterocycles. The molecule has 0 aromatic rings. The Hall–Kier alpha value is 1.10. The van der Waals surface area contributed by atoms with E-state index in [-0.39, 0.29) is 45.5 Å². The monoisotopic (exact) mass is 166 g/mol. The topological polar surface area (TPSA) is 57.5 Å². The summed E-state index contributed by atoms with van der Waals surface area (Å²) in [5.74, 6) is 0. The maximum absolute atomic E-state index is 8.74. The summed E-state index contributed by atoms with van der Waals surface area (Å²) < 4.78 is 8.74. The molecule has 0 saturated heterocycles. The summed E-state index contributed by atoms with van der Waals surface area (Å²) in [7, 11) is -3.13. The van der Waals surface area contributed by atoms with Crippen LogP contribution in [0.3, 0.4) is 0 Å². The summed E-state index contributed by atoms with van der Waals surface area (Å²) in [4.78, 5) is 14.3. The molecule has 5 heteroatoms. The van der Waals surface area contributed by atoms with Crippen LogP contribution in [-0.2, 0) is 4.46 Å². The Balaban J connectivity index is 0. The van der Waals surface area contributed by atoms with Crippen LogP contribution in [-0.4, -0.2) is 64.2 Å². The average molecular weight is 166 g/mol. The molecule has 26 valence electrons. The zero-order valence-electron chi connectivity index (χ0n) is 2.51. The van der Waals surface area contributed by atoms with Crippen LogP contribution in [0.15, 0.2) is 0 Å². The second kappa shape index (κ2) is 5.10. The van der Waals surface area contributed by atoms with Gasteiger partial charge in [-0.15, -0.1) is 0 Å². The van der Waals surface area contributed by atoms with E-state index in [9.17, 15) is 0 Å². The molecule has 0 aliphatic heterocycles. The van der Waals surface area contributed by atoms with E-state index in [2.05, 4.69) is 0 Å². The van der Waals surface area contributed by atoms with Crippen LogP contribution in [0.4, 0.5) is 0 Å². The smallest absolute Gasteiger partial charge is 0.511 e. The molecule has 0 atom stereocenters. The summed E-state index contributed by atoms with van der Waals surface area (Å²) in [5.41, 5.74) is 0. The van der Waals surface area contributed by atoms with Crippen molar-refractivity contribution in [2.45, 2.75) is 0 Å². The van der Waals surface area contributed by atoms with E-state index in [1.165, 1.54) is 0 Å². The minimum Gasteiger partial charge on any atom is -0.511 e. The molecule has 0 saturated carbocycles. The molecule has 0 aliphatic rings. The largest absolute Gasteiger partial charge is 0.761 e. The van der Waals surface area contributed by atoms with Crippen LogP contribution in [0.2, 0.25) is 0 Å². The zero-order chi connectivity index (χ0) is 3.58. The molecule has 0 unspecified atom stereocenters. The minimum absolute atomic E-state index is 0. The quantitative estimate of drug-likeness (QED) is 0.409. The predicted molar refractivity (Wildman–Crippen MR) is 16.6 cm³/mol. The molecule has 0 rings (SSSR count). The van der Waals surface area contributed by atoms with Gasteiger partial charge in [0.1, 0.15) is 0 Å². The van der Waals surface area contributed by atoms with Crippen molar-refractivity contribution in [3.63, 3.8) is 0 Å². The first kappa shape index (κ1) is 9.44. The van der Waals surface area contributed by atoms with Crippen molar-refractivity contribution in [3.8, 4) is 0 Å². The van der Waals surface area contributed by atoms with Gasteiger partial charge in [0.25, 0.3) is 0 Å². The van der Waals surface area contributed by atoms with Gasteiger partial charge in [0.2, 0.25) is 0 Å². The van der Waals surface area contributed by atoms with Crippen molar-refractivity contribution >= 4 is 54.7 Å². The van der Waals surface area contributed by atoms with Gasteiger partial charge in [0.05, 0.1) is 0 Å². The van der Waals surface area contributed by atoms with E-state index in [0.29, 0.717) is 0 Å². The Morgan fingerprint density at radius 1 is 1.40 bits per heavy atom. The van der Waals surface area contributed by atoms with Crippen molar-refractivity contribution in [1.82, 2.24) is 0 Å². The first-order valence-electron chi connectivity index (χ1n) is 0.651. The van der Waals surface area contributed by atoms with E-state index < -0.39 is 9.17 Å². The van der Waals surface area contributed by atoms with Crippen LogP contribution < -0.4 is 0 Å². The molecule has 0 amide bonds. The zero-order valence-corrected chi connectivity index (χ0v) is 6.99. The van der Waals surface area contributed by atoms with Crippen LogP contribution >= 0.6 is 0 Å². The summed E-state index contributed by atoms with van der Waals surface area (Å²) in [6, 6.07) is 0. The van der Waals surface area contributed by atoms with Gasteiger partial charge >= 0.3 is 9.17 Å². The fourth-order valence-corrected chi connectivity index (χ4v) is 0. The first-order valence-corrected chi connectivity index (χ1v) is 1.95. The summed E-state index contributed by atoms with van der Waals surface area (Å²) in [6.07, 6.45) is 0. The third-order valence-corrected chi connectivity index (χ3v) is 0. The number of hydrogen-bond donors (Lipinski definition) is 2. The Morgan fingerprint density at radius 3 is 1.40 bits per heavy atom. The molecular formula is H2O3SiSr. The first-order chi connectivity index (χ1) is 1.73. The third kappa shape index (κ3) is 40.6.